The van der Waals surface area contributed by atoms with E-state index < -0.39 is 15.1 Å². The molecule has 1 aromatic rings. The Morgan fingerprint density at radius 3 is 2.88 bits per heavy atom. The van der Waals surface area contributed by atoms with E-state index in [4.69, 9.17) is 16.3 Å². The second-order valence-electron chi connectivity index (χ2n) is 7.16. The van der Waals surface area contributed by atoms with Crippen LogP contribution in [0.5, 0.6) is 5.75 Å². The van der Waals surface area contributed by atoms with E-state index in [-0.39, 0.29) is 17.6 Å². The lowest BCUT2D eigenvalue weighted by Crippen LogP contribution is -2.19. The zero-order chi connectivity index (χ0) is 18.9. The SMILES string of the molecule is CCCC1=C2[C@@H](CC/C(C)=C/c3ccc(O)cc3Cl)OC[C@@H]2S(=O)(=O)C1. The standard InChI is InChI=1S/C20H25ClO4S/c1-3-4-15-12-26(23,24)19-11-25-18(20(15)19)8-5-13(2)9-14-6-7-16(22)10-17(14)21/h6-7,9-10,18-19,22H,3-5,8,11-12H2,1-2H3/b13-9+/t18-,19+/m1/s1. The van der Waals surface area contributed by atoms with Gasteiger partial charge in [-0.05, 0) is 55.5 Å². The summed E-state index contributed by atoms with van der Waals surface area (Å²) >= 11 is 6.16. The molecule has 0 saturated carbocycles. The molecule has 2 heterocycles. The maximum Gasteiger partial charge on any atom is 0.163 e. The number of allylic oxidation sites excluding steroid dienone is 1. The van der Waals surface area contributed by atoms with E-state index in [1.165, 1.54) is 6.07 Å². The van der Waals surface area contributed by atoms with Gasteiger partial charge in [0.05, 0.1) is 23.5 Å². The van der Waals surface area contributed by atoms with Gasteiger partial charge in [-0.25, -0.2) is 8.42 Å². The summed E-state index contributed by atoms with van der Waals surface area (Å²) in [7, 11) is -3.08. The average molecular weight is 397 g/mol. The van der Waals surface area contributed by atoms with Crippen LogP contribution in [0.1, 0.15) is 45.1 Å². The molecule has 2 aliphatic rings. The van der Waals surface area contributed by atoms with Gasteiger partial charge in [0, 0.05) is 0 Å². The molecule has 0 radical (unpaired) electrons. The lowest BCUT2D eigenvalue weighted by Gasteiger charge is -2.14. The highest BCUT2D eigenvalue weighted by molar-refractivity contribution is 7.92. The molecule has 2 atom stereocenters. The van der Waals surface area contributed by atoms with Gasteiger partial charge in [0.15, 0.2) is 9.84 Å². The number of benzene rings is 1. The lowest BCUT2D eigenvalue weighted by atomic mass is 9.95. The molecule has 3 rings (SSSR count). The maximum absolute atomic E-state index is 12.4. The van der Waals surface area contributed by atoms with E-state index in [9.17, 15) is 13.5 Å². The summed E-state index contributed by atoms with van der Waals surface area (Å²) in [5.74, 6) is 0.353. The highest BCUT2D eigenvalue weighted by atomic mass is 35.5. The maximum atomic E-state index is 12.4. The number of fused-ring (bicyclic) bond motifs is 1. The molecule has 0 spiro atoms. The van der Waals surface area contributed by atoms with Gasteiger partial charge in [-0.3, -0.25) is 0 Å². The average Bonchev–Trinajstić information content (AvgIpc) is 3.09. The van der Waals surface area contributed by atoms with Gasteiger partial charge in [0.2, 0.25) is 0 Å². The molecule has 2 aliphatic heterocycles. The van der Waals surface area contributed by atoms with Crippen LogP contribution in [0.25, 0.3) is 6.08 Å². The van der Waals surface area contributed by atoms with Gasteiger partial charge in [0.1, 0.15) is 11.0 Å². The van der Waals surface area contributed by atoms with Crippen molar-refractivity contribution in [1.29, 1.82) is 0 Å². The predicted octanol–water partition coefficient (Wildman–Crippen LogP) is 4.52. The Bertz CT molecular complexity index is 855. The monoisotopic (exact) mass is 396 g/mol. The van der Waals surface area contributed by atoms with Crippen LogP contribution in [0, 0.1) is 0 Å². The van der Waals surface area contributed by atoms with Crippen molar-refractivity contribution in [2.24, 2.45) is 0 Å². The van der Waals surface area contributed by atoms with Crippen LogP contribution >= 0.6 is 11.6 Å². The van der Waals surface area contributed by atoms with Gasteiger partial charge in [-0.15, -0.1) is 0 Å². The third-order valence-electron chi connectivity index (χ3n) is 5.10. The smallest absolute Gasteiger partial charge is 0.163 e. The number of aromatic hydroxyl groups is 1. The third-order valence-corrected chi connectivity index (χ3v) is 7.43. The number of phenolic OH excluding ortho intramolecular Hbond substituents is 1. The molecule has 6 heteroatoms. The highest BCUT2D eigenvalue weighted by Crippen LogP contribution is 2.40. The van der Waals surface area contributed by atoms with Crippen LogP contribution in [-0.4, -0.2) is 37.2 Å². The van der Waals surface area contributed by atoms with Crippen LogP contribution < -0.4 is 0 Å². The summed E-state index contributed by atoms with van der Waals surface area (Å²) in [4.78, 5) is 0. The molecule has 142 valence electrons. The summed E-state index contributed by atoms with van der Waals surface area (Å²) in [6.07, 6.45) is 5.26. The van der Waals surface area contributed by atoms with E-state index in [2.05, 4.69) is 6.92 Å². The fourth-order valence-corrected chi connectivity index (χ4v) is 6.07. The molecule has 1 saturated heterocycles. The molecule has 0 aromatic heterocycles. The number of sulfone groups is 1. The Balaban J connectivity index is 1.71. The number of hydrogen-bond acceptors (Lipinski definition) is 4. The summed E-state index contributed by atoms with van der Waals surface area (Å²) < 4.78 is 30.5. The minimum atomic E-state index is -3.08. The second-order valence-corrected chi connectivity index (χ2v) is 9.75. The van der Waals surface area contributed by atoms with Crippen molar-refractivity contribution in [3.05, 3.63) is 45.5 Å². The van der Waals surface area contributed by atoms with E-state index in [0.717, 1.165) is 48.0 Å². The minimum Gasteiger partial charge on any atom is -0.508 e. The summed E-state index contributed by atoms with van der Waals surface area (Å²) in [5.41, 5.74) is 4.11. The van der Waals surface area contributed by atoms with Gasteiger partial charge < -0.3 is 9.84 Å². The molecule has 1 fully saturated rings. The summed E-state index contributed by atoms with van der Waals surface area (Å²) in [6, 6.07) is 4.92. The second kappa shape index (κ2) is 7.75. The zero-order valence-electron chi connectivity index (χ0n) is 15.2. The molecule has 0 amide bonds. The Morgan fingerprint density at radius 1 is 1.42 bits per heavy atom. The van der Waals surface area contributed by atoms with E-state index in [0.29, 0.717) is 11.6 Å². The number of halogens is 1. The Hall–Kier alpha value is -1.30. The molecule has 4 nitrogen and oxygen atoms in total. The Kier molecular flexibility index (Phi) is 5.80. The molecular weight excluding hydrogens is 372 g/mol. The van der Waals surface area contributed by atoms with Crippen molar-refractivity contribution in [2.75, 3.05) is 12.4 Å². The first-order valence-electron chi connectivity index (χ1n) is 9.02. The van der Waals surface area contributed by atoms with Gasteiger partial charge in [0.25, 0.3) is 0 Å². The summed E-state index contributed by atoms with van der Waals surface area (Å²) in [6.45, 7) is 4.40. The fraction of sp³-hybridized carbons (Fsp3) is 0.500. The Labute approximate surface area is 160 Å². The van der Waals surface area contributed by atoms with E-state index in [1.807, 2.05) is 13.0 Å². The van der Waals surface area contributed by atoms with E-state index in [1.54, 1.807) is 12.1 Å². The molecular formula is C20H25ClO4S. The molecule has 0 aliphatic carbocycles. The number of ether oxygens (including phenoxy) is 1. The predicted molar refractivity (Wildman–Crippen MR) is 105 cm³/mol. The van der Waals surface area contributed by atoms with Crippen LogP contribution in [-0.2, 0) is 14.6 Å². The molecule has 0 unspecified atom stereocenters. The van der Waals surface area contributed by atoms with Gasteiger partial charge >= 0.3 is 0 Å². The highest BCUT2D eigenvalue weighted by Gasteiger charge is 2.46. The third kappa shape index (κ3) is 4.00. The van der Waals surface area contributed by atoms with Gasteiger partial charge in [-0.2, -0.15) is 0 Å². The van der Waals surface area contributed by atoms with Crippen LogP contribution in [0.2, 0.25) is 5.02 Å². The summed E-state index contributed by atoms with van der Waals surface area (Å²) in [5, 5.41) is 9.53. The fourth-order valence-electron chi connectivity index (χ4n) is 3.86. The van der Waals surface area contributed by atoms with Crippen molar-refractivity contribution in [3.8, 4) is 5.75 Å². The zero-order valence-corrected chi connectivity index (χ0v) is 16.7. The first-order chi connectivity index (χ1) is 12.3. The molecule has 26 heavy (non-hydrogen) atoms. The van der Waals surface area contributed by atoms with Gasteiger partial charge in [-0.1, -0.05) is 42.2 Å². The van der Waals surface area contributed by atoms with Crippen molar-refractivity contribution in [1.82, 2.24) is 0 Å². The topological polar surface area (TPSA) is 63.6 Å². The largest absolute Gasteiger partial charge is 0.508 e. The van der Waals surface area contributed by atoms with Crippen molar-refractivity contribution in [3.63, 3.8) is 0 Å². The number of hydrogen-bond donors (Lipinski definition) is 1. The normalized spacial score (nSPS) is 25.0. The molecule has 1 N–H and O–H groups in total. The molecule has 1 aromatic carbocycles. The first kappa shape index (κ1) is 19.5. The Morgan fingerprint density at radius 2 is 2.19 bits per heavy atom. The van der Waals surface area contributed by atoms with Crippen molar-refractivity contribution >= 4 is 27.5 Å². The number of rotatable bonds is 6. The lowest BCUT2D eigenvalue weighted by molar-refractivity contribution is 0.117. The number of phenols is 1. The van der Waals surface area contributed by atoms with E-state index >= 15 is 0 Å². The molecule has 0 bridgehead atoms. The van der Waals surface area contributed by atoms with Crippen molar-refractivity contribution < 1.29 is 18.3 Å². The minimum absolute atomic E-state index is 0.0996. The first-order valence-corrected chi connectivity index (χ1v) is 11.1. The van der Waals surface area contributed by atoms with Crippen molar-refractivity contribution in [2.45, 2.75) is 50.9 Å². The van der Waals surface area contributed by atoms with Crippen LogP contribution in [0.15, 0.2) is 34.9 Å². The van der Waals surface area contributed by atoms with Crippen LogP contribution in [0.4, 0.5) is 0 Å². The quantitative estimate of drug-likeness (QED) is 0.718. The van der Waals surface area contributed by atoms with Crippen LogP contribution in [0.3, 0.4) is 0 Å².